The molecule has 1 atom stereocenters. The highest BCUT2D eigenvalue weighted by Crippen LogP contribution is 2.18. The van der Waals surface area contributed by atoms with Crippen LogP contribution < -0.4 is 0 Å². The molecule has 5 heteroatoms. The SMILES string of the molecule is CC(=O)N1CCN(CC(C)(F)Cl)CC1. The van der Waals surface area contributed by atoms with Gasteiger partial charge in [-0.05, 0) is 6.92 Å². The fraction of sp³-hybridized carbons (Fsp3) is 0.889. The van der Waals surface area contributed by atoms with E-state index in [1.165, 1.54) is 6.92 Å². The Bertz CT molecular complexity index is 209. The Kier molecular flexibility index (Phi) is 3.72. The quantitative estimate of drug-likeness (QED) is 0.653. The molecule has 1 aliphatic heterocycles. The largest absolute Gasteiger partial charge is 0.340 e. The third-order valence-electron chi connectivity index (χ3n) is 2.32. The van der Waals surface area contributed by atoms with Gasteiger partial charge in [0.2, 0.25) is 5.91 Å². The first-order valence-corrected chi connectivity index (χ1v) is 5.12. The summed E-state index contributed by atoms with van der Waals surface area (Å²) in [5, 5.41) is -1.67. The van der Waals surface area contributed by atoms with Crippen LogP contribution in [0.25, 0.3) is 0 Å². The van der Waals surface area contributed by atoms with E-state index in [0.29, 0.717) is 26.2 Å². The molecule has 1 fully saturated rings. The number of piperazine rings is 1. The number of amides is 1. The minimum absolute atomic E-state index is 0.0820. The van der Waals surface area contributed by atoms with Crippen LogP contribution in [-0.2, 0) is 4.79 Å². The van der Waals surface area contributed by atoms with E-state index in [2.05, 4.69) is 0 Å². The normalized spacial score (nSPS) is 23.3. The van der Waals surface area contributed by atoms with Gasteiger partial charge in [0.25, 0.3) is 0 Å². The smallest absolute Gasteiger partial charge is 0.219 e. The molecule has 0 aromatic heterocycles. The van der Waals surface area contributed by atoms with E-state index in [4.69, 9.17) is 11.6 Å². The van der Waals surface area contributed by atoms with Crippen LogP contribution in [0.5, 0.6) is 0 Å². The van der Waals surface area contributed by atoms with Gasteiger partial charge in [-0.25, -0.2) is 4.39 Å². The average Bonchev–Trinajstić information content (AvgIpc) is 2.02. The number of hydrogen-bond donors (Lipinski definition) is 0. The Hall–Kier alpha value is -0.350. The van der Waals surface area contributed by atoms with E-state index >= 15 is 0 Å². The molecule has 0 aromatic carbocycles. The molecule has 0 N–H and O–H groups in total. The molecule has 82 valence electrons. The van der Waals surface area contributed by atoms with Gasteiger partial charge in [-0.2, -0.15) is 0 Å². The maximum absolute atomic E-state index is 13.1. The van der Waals surface area contributed by atoms with Crippen molar-refractivity contribution in [2.24, 2.45) is 0 Å². The highest BCUT2D eigenvalue weighted by atomic mass is 35.5. The second-order valence-corrected chi connectivity index (χ2v) is 4.64. The van der Waals surface area contributed by atoms with Crippen molar-refractivity contribution >= 4 is 17.5 Å². The van der Waals surface area contributed by atoms with E-state index in [1.54, 1.807) is 11.8 Å². The highest BCUT2D eigenvalue weighted by molar-refractivity contribution is 6.22. The fourth-order valence-corrected chi connectivity index (χ4v) is 1.78. The molecule has 1 rings (SSSR count). The van der Waals surface area contributed by atoms with E-state index < -0.39 is 5.13 Å². The molecular formula is C9H16ClFN2O. The molecular weight excluding hydrogens is 207 g/mol. The van der Waals surface area contributed by atoms with Crippen molar-refractivity contribution in [2.45, 2.75) is 19.0 Å². The van der Waals surface area contributed by atoms with Gasteiger partial charge in [-0.15, -0.1) is 0 Å². The molecule has 1 aliphatic rings. The van der Waals surface area contributed by atoms with E-state index in [9.17, 15) is 9.18 Å². The minimum Gasteiger partial charge on any atom is -0.340 e. The van der Waals surface area contributed by atoms with Gasteiger partial charge in [0.1, 0.15) is 0 Å². The zero-order valence-electron chi connectivity index (χ0n) is 8.59. The first-order chi connectivity index (χ1) is 6.38. The Balaban J connectivity index is 2.33. The summed E-state index contributed by atoms with van der Waals surface area (Å²) in [5.74, 6) is 0.0820. The zero-order valence-corrected chi connectivity index (χ0v) is 9.35. The van der Waals surface area contributed by atoms with Gasteiger partial charge in [0.15, 0.2) is 5.13 Å². The lowest BCUT2D eigenvalue weighted by Gasteiger charge is -2.35. The van der Waals surface area contributed by atoms with Gasteiger partial charge < -0.3 is 4.90 Å². The summed E-state index contributed by atoms with van der Waals surface area (Å²) in [4.78, 5) is 14.7. The van der Waals surface area contributed by atoms with Crippen LogP contribution in [0, 0.1) is 0 Å². The Morgan fingerprint density at radius 2 is 1.93 bits per heavy atom. The Morgan fingerprint density at radius 1 is 1.43 bits per heavy atom. The summed E-state index contributed by atoms with van der Waals surface area (Å²) in [6, 6.07) is 0. The van der Waals surface area contributed by atoms with Gasteiger partial charge in [-0.3, -0.25) is 9.69 Å². The third kappa shape index (κ3) is 3.80. The maximum Gasteiger partial charge on any atom is 0.219 e. The molecule has 1 amide bonds. The summed E-state index contributed by atoms with van der Waals surface area (Å²) in [5.41, 5.74) is 0. The second-order valence-electron chi connectivity index (χ2n) is 3.85. The molecule has 0 bridgehead atoms. The molecule has 0 saturated carbocycles. The predicted molar refractivity (Wildman–Crippen MR) is 54.1 cm³/mol. The maximum atomic E-state index is 13.1. The van der Waals surface area contributed by atoms with Gasteiger partial charge >= 0.3 is 0 Å². The first-order valence-electron chi connectivity index (χ1n) is 4.74. The molecule has 1 heterocycles. The predicted octanol–water partition coefficient (Wildman–Crippen LogP) is 1.07. The number of halogens is 2. The fourth-order valence-electron chi connectivity index (χ4n) is 1.61. The van der Waals surface area contributed by atoms with Crippen molar-refractivity contribution in [1.82, 2.24) is 9.80 Å². The molecule has 0 aromatic rings. The highest BCUT2D eigenvalue weighted by Gasteiger charge is 2.26. The standard InChI is InChI=1S/C9H16ClFN2O/c1-8(14)13-5-3-12(4-6-13)7-9(2,10)11/h3-7H2,1-2H3. The lowest BCUT2D eigenvalue weighted by Crippen LogP contribution is -2.50. The summed E-state index contributed by atoms with van der Waals surface area (Å²) in [6.45, 7) is 5.87. The molecule has 0 spiro atoms. The van der Waals surface area contributed by atoms with E-state index in [-0.39, 0.29) is 12.5 Å². The van der Waals surface area contributed by atoms with Crippen LogP contribution in [0.3, 0.4) is 0 Å². The molecule has 3 nitrogen and oxygen atoms in total. The van der Waals surface area contributed by atoms with Gasteiger partial charge in [0, 0.05) is 39.6 Å². The van der Waals surface area contributed by atoms with Crippen LogP contribution >= 0.6 is 11.6 Å². The second kappa shape index (κ2) is 4.45. The number of nitrogens with zero attached hydrogens (tertiary/aromatic N) is 2. The lowest BCUT2D eigenvalue weighted by molar-refractivity contribution is -0.130. The Labute approximate surface area is 88.8 Å². The Morgan fingerprint density at radius 3 is 2.29 bits per heavy atom. The number of carbonyl (C=O) groups excluding carboxylic acids is 1. The first kappa shape index (κ1) is 11.7. The minimum atomic E-state index is -1.67. The van der Waals surface area contributed by atoms with Crippen molar-refractivity contribution in [3.05, 3.63) is 0 Å². The van der Waals surface area contributed by atoms with Crippen LogP contribution in [0.15, 0.2) is 0 Å². The summed E-state index contributed by atoms with van der Waals surface area (Å²) >= 11 is 5.48. The van der Waals surface area contributed by atoms with Crippen molar-refractivity contribution in [3.8, 4) is 0 Å². The monoisotopic (exact) mass is 222 g/mol. The number of carbonyl (C=O) groups is 1. The average molecular weight is 223 g/mol. The number of alkyl halides is 2. The van der Waals surface area contributed by atoms with Crippen molar-refractivity contribution < 1.29 is 9.18 Å². The molecule has 14 heavy (non-hydrogen) atoms. The van der Waals surface area contributed by atoms with Crippen LogP contribution in [0.1, 0.15) is 13.8 Å². The summed E-state index contributed by atoms with van der Waals surface area (Å²) < 4.78 is 13.1. The van der Waals surface area contributed by atoms with E-state index in [1.807, 2.05) is 4.90 Å². The number of rotatable bonds is 2. The van der Waals surface area contributed by atoms with Gasteiger partial charge in [0.05, 0.1) is 0 Å². The molecule has 0 radical (unpaired) electrons. The van der Waals surface area contributed by atoms with Crippen LogP contribution in [0.4, 0.5) is 4.39 Å². The topological polar surface area (TPSA) is 23.6 Å². The zero-order chi connectivity index (χ0) is 10.8. The summed E-state index contributed by atoms with van der Waals surface area (Å²) in [6.07, 6.45) is 0. The molecule has 1 unspecified atom stereocenters. The lowest BCUT2D eigenvalue weighted by atomic mass is 10.3. The van der Waals surface area contributed by atoms with Crippen molar-refractivity contribution in [2.75, 3.05) is 32.7 Å². The third-order valence-corrected chi connectivity index (χ3v) is 2.44. The summed E-state index contributed by atoms with van der Waals surface area (Å²) in [7, 11) is 0. The van der Waals surface area contributed by atoms with Gasteiger partial charge in [-0.1, -0.05) is 11.6 Å². The van der Waals surface area contributed by atoms with Crippen molar-refractivity contribution in [1.29, 1.82) is 0 Å². The van der Waals surface area contributed by atoms with Crippen LogP contribution in [-0.4, -0.2) is 53.6 Å². The van der Waals surface area contributed by atoms with Crippen molar-refractivity contribution in [3.63, 3.8) is 0 Å². The molecule has 1 saturated heterocycles. The molecule has 0 aliphatic carbocycles. The van der Waals surface area contributed by atoms with Crippen LogP contribution in [0.2, 0.25) is 0 Å². The number of hydrogen-bond acceptors (Lipinski definition) is 2. The van der Waals surface area contributed by atoms with E-state index in [0.717, 1.165) is 0 Å².